The van der Waals surface area contributed by atoms with Gasteiger partial charge in [-0.1, -0.05) is 19.0 Å². The smallest absolute Gasteiger partial charge is 0.360 e. The van der Waals surface area contributed by atoms with E-state index in [0.29, 0.717) is 6.07 Å². The third kappa shape index (κ3) is 3.15. The van der Waals surface area contributed by atoms with Gasteiger partial charge in [0.25, 0.3) is 0 Å². The number of hydrogen-bond acceptors (Lipinski definition) is 5. The van der Waals surface area contributed by atoms with E-state index in [2.05, 4.69) is 5.16 Å². The van der Waals surface area contributed by atoms with E-state index in [-0.39, 0.29) is 17.1 Å². The number of carbonyl (C=O) groups excluding carboxylic acids is 1. The van der Waals surface area contributed by atoms with Gasteiger partial charge in [0, 0.05) is 11.0 Å². The number of sulfone groups is 1. The molecule has 3 rings (SSSR count). The molecule has 1 aliphatic rings. The predicted molar refractivity (Wildman–Crippen MR) is 85.7 cm³/mol. The summed E-state index contributed by atoms with van der Waals surface area (Å²) in [6.07, 6.45) is -2.27. The van der Waals surface area contributed by atoms with Crippen LogP contribution in [0.5, 0.6) is 0 Å². The quantitative estimate of drug-likeness (QED) is 0.730. The van der Waals surface area contributed by atoms with Gasteiger partial charge in [0.05, 0.1) is 28.0 Å². The summed E-state index contributed by atoms with van der Waals surface area (Å²) in [6, 6.07) is 2.44. The summed E-state index contributed by atoms with van der Waals surface area (Å²) in [5.41, 5.74) is -2.33. The molecule has 0 atom stereocenters. The molecule has 0 saturated heterocycles. The predicted octanol–water partition coefficient (Wildman–Crippen LogP) is 3.77. The Hall–Kier alpha value is -2.16. The molecule has 0 unspecified atom stereocenters. The molecular weight excluding hydrogens is 371 g/mol. The van der Waals surface area contributed by atoms with Crippen molar-refractivity contribution in [3.05, 3.63) is 46.8 Å². The van der Waals surface area contributed by atoms with Crippen molar-refractivity contribution in [1.29, 1.82) is 0 Å². The summed E-state index contributed by atoms with van der Waals surface area (Å²) in [7, 11) is -3.84. The molecule has 9 heteroatoms. The number of carbonyl (C=O) groups is 1. The van der Waals surface area contributed by atoms with Crippen molar-refractivity contribution >= 4 is 15.6 Å². The van der Waals surface area contributed by atoms with Gasteiger partial charge in [-0.15, -0.1) is 0 Å². The van der Waals surface area contributed by atoms with Gasteiger partial charge in [-0.2, -0.15) is 13.2 Å². The van der Waals surface area contributed by atoms with Gasteiger partial charge >= 0.3 is 6.18 Å². The Morgan fingerprint density at radius 2 is 1.92 bits per heavy atom. The Balaban J connectivity index is 2.13. The highest BCUT2D eigenvalue weighted by atomic mass is 32.2. The molecule has 1 heterocycles. The average molecular weight is 387 g/mol. The van der Waals surface area contributed by atoms with E-state index < -0.39 is 43.2 Å². The Kier molecular flexibility index (Phi) is 4.25. The molecule has 0 N–H and O–H groups in total. The van der Waals surface area contributed by atoms with E-state index in [9.17, 15) is 26.4 Å². The maximum atomic E-state index is 13.5. The molecule has 0 bridgehead atoms. The molecule has 26 heavy (non-hydrogen) atoms. The Morgan fingerprint density at radius 3 is 2.46 bits per heavy atom. The van der Waals surface area contributed by atoms with Crippen LogP contribution in [0.1, 0.15) is 53.9 Å². The van der Waals surface area contributed by atoms with Crippen LogP contribution >= 0.6 is 0 Å². The van der Waals surface area contributed by atoms with E-state index in [1.54, 1.807) is 0 Å². The highest BCUT2D eigenvalue weighted by molar-refractivity contribution is 7.91. The molecule has 1 aromatic heterocycles. The molecular formula is C17H16F3NO4S. The monoisotopic (exact) mass is 387 g/mol. The molecule has 1 aliphatic carbocycles. The summed E-state index contributed by atoms with van der Waals surface area (Å²) in [5.74, 6) is -0.964. The molecule has 0 spiro atoms. The first-order chi connectivity index (χ1) is 12.0. The minimum absolute atomic E-state index is 0.0263. The topological polar surface area (TPSA) is 77.2 Å². The molecule has 140 valence electrons. The molecule has 0 aliphatic heterocycles. The van der Waals surface area contributed by atoms with Gasteiger partial charge in [0.2, 0.25) is 0 Å². The van der Waals surface area contributed by atoms with Crippen LogP contribution < -0.4 is 0 Å². The van der Waals surface area contributed by atoms with Crippen LogP contribution in [-0.4, -0.2) is 25.1 Å². The second-order valence-electron chi connectivity index (χ2n) is 6.57. The zero-order valence-corrected chi connectivity index (χ0v) is 14.9. The van der Waals surface area contributed by atoms with Crippen molar-refractivity contribution in [2.45, 2.75) is 43.2 Å². The number of alkyl halides is 3. The summed E-state index contributed by atoms with van der Waals surface area (Å²) < 4.78 is 69.4. The lowest BCUT2D eigenvalue weighted by Gasteiger charge is -2.14. The van der Waals surface area contributed by atoms with E-state index >= 15 is 0 Å². The van der Waals surface area contributed by atoms with Crippen LogP contribution in [0.2, 0.25) is 0 Å². The van der Waals surface area contributed by atoms with Gasteiger partial charge in [-0.25, -0.2) is 8.42 Å². The summed E-state index contributed by atoms with van der Waals surface area (Å²) in [5, 5.41) is 3.56. The molecule has 1 fully saturated rings. The highest BCUT2D eigenvalue weighted by Crippen LogP contribution is 2.49. The number of halogens is 3. The fourth-order valence-corrected chi connectivity index (χ4v) is 3.62. The first kappa shape index (κ1) is 18.6. The van der Waals surface area contributed by atoms with Crippen LogP contribution in [0, 0.1) is 0 Å². The lowest BCUT2D eigenvalue weighted by atomic mass is 9.94. The van der Waals surface area contributed by atoms with E-state index in [1.807, 2.05) is 6.92 Å². The van der Waals surface area contributed by atoms with Crippen molar-refractivity contribution in [2.75, 3.05) is 5.75 Å². The molecule has 0 amide bonds. The van der Waals surface area contributed by atoms with E-state index in [1.165, 1.54) is 6.92 Å². The zero-order chi connectivity index (χ0) is 19.3. The average Bonchev–Trinajstić information content (AvgIpc) is 3.12. The summed E-state index contributed by atoms with van der Waals surface area (Å²) in [4.78, 5) is 12.3. The van der Waals surface area contributed by atoms with Crippen molar-refractivity contribution in [2.24, 2.45) is 0 Å². The fraction of sp³-hybridized carbons (Fsp3) is 0.412. The van der Waals surface area contributed by atoms with Crippen LogP contribution in [0.3, 0.4) is 0 Å². The third-order valence-corrected chi connectivity index (χ3v) is 6.38. The van der Waals surface area contributed by atoms with Crippen LogP contribution in [0.15, 0.2) is 33.8 Å². The number of benzene rings is 1. The zero-order valence-electron chi connectivity index (χ0n) is 14.1. The Labute approximate surface area is 148 Å². The first-order valence-corrected chi connectivity index (χ1v) is 9.59. The van der Waals surface area contributed by atoms with E-state index in [0.717, 1.165) is 31.2 Å². The lowest BCUT2D eigenvalue weighted by Crippen LogP contribution is -2.17. The lowest BCUT2D eigenvalue weighted by molar-refractivity contribution is -0.138. The SMILES string of the molecule is CCS(=O)(=O)c1ccc(C(=O)c2cnoc2C2(C)CC2)c(C(F)(F)F)c1. The van der Waals surface area contributed by atoms with Crippen molar-refractivity contribution in [3.8, 4) is 0 Å². The van der Waals surface area contributed by atoms with Crippen LogP contribution in [-0.2, 0) is 21.4 Å². The first-order valence-electron chi connectivity index (χ1n) is 7.93. The number of ketones is 1. The van der Waals surface area contributed by atoms with Crippen molar-refractivity contribution < 1.29 is 30.9 Å². The second-order valence-corrected chi connectivity index (χ2v) is 8.85. The van der Waals surface area contributed by atoms with Gasteiger partial charge in [-0.05, 0) is 31.0 Å². The van der Waals surface area contributed by atoms with E-state index in [4.69, 9.17) is 4.52 Å². The van der Waals surface area contributed by atoms with Crippen molar-refractivity contribution in [3.63, 3.8) is 0 Å². The van der Waals surface area contributed by atoms with Crippen molar-refractivity contribution in [1.82, 2.24) is 5.16 Å². The maximum absolute atomic E-state index is 13.5. The maximum Gasteiger partial charge on any atom is 0.417 e. The summed E-state index contributed by atoms with van der Waals surface area (Å²) >= 11 is 0. The van der Waals surface area contributed by atoms with Gasteiger partial charge in [-0.3, -0.25) is 4.79 Å². The molecule has 1 saturated carbocycles. The molecule has 2 aromatic rings. The fourth-order valence-electron chi connectivity index (χ4n) is 2.71. The standard InChI is InChI=1S/C17H16F3NO4S/c1-3-26(23,24)10-4-5-11(13(8-10)17(18,19)20)14(22)12-9-21-25-15(12)16(2)6-7-16/h4-5,8-9H,3,6-7H2,1-2H3. The molecule has 0 radical (unpaired) electrons. The Morgan fingerprint density at radius 1 is 1.27 bits per heavy atom. The summed E-state index contributed by atoms with van der Waals surface area (Å²) in [6.45, 7) is 3.17. The number of hydrogen-bond donors (Lipinski definition) is 0. The van der Waals surface area contributed by atoms with Crippen LogP contribution in [0.25, 0.3) is 0 Å². The third-order valence-electron chi connectivity index (χ3n) is 4.64. The van der Waals surface area contributed by atoms with Gasteiger partial charge in [0.1, 0.15) is 0 Å². The van der Waals surface area contributed by atoms with Crippen LogP contribution in [0.4, 0.5) is 13.2 Å². The molecule has 1 aromatic carbocycles. The largest absolute Gasteiger partial charge is 0.417 e. The highest BCUT2D eigenvalue weighted by Gasteiger charge is 2.46. The second kappa shape index (κ2) is 5.94. The number of rotatable bonds is 5. The van der Waals surface area contributed by atoms with Gasteiger partial charge < -0.3 is 4.52 Å². The van der Waals surface area contributed by atoms with Gasteiger partial charge in [0.15, 0.2) is 21.4 Å². The normalized spacial score (nSPS) is 16.5. The minimum Gasteiger partial charge on any atom is -0.360 e. The minimum atomic E-state index is -4.88. The molecule has 5 nitrogen and oxygen atoms in total. The Bertz CT molecular complexity index is 972. The number of aromatic nitrogens is 1. The number of nitrogens with zero attached hydrogens (tertiary/aromatic N) is 1.